The molecule has 0 saturated carbocycles. The maximum atomic E-state index is 5.68. The molecule has 1 aromatic carbocycles. The lowest BCUT2D eigenvalue weighted by atomic mass is 10.1. The molecule has 2 aliphatic heterocycles. The van der Waals surface area contributed by atoms with Gasteiger partial charge in [-0.25, -0.2) is 0 Å². The molecule has 1 aromatic rings. The maximum Gasteiger partial charge on any atom is 0.266 e. The Labute approximate surface area is 105 Å². The van der Waals surface area contributed by atoms with E-state index in [4.69, 9.17) is 18.9 Å². The Morgan fingerprint density at radius 2 is 1.83 bits per heavy atom. The van der Waals surface area contributed by atoms with E-state index >= 15 is 0 Å². The Hall–Kier alpha value is -1.78. The summed E-state index contributed by atoms with van der Waals surface area (Å²) in [7, 11) is 0. The fraction of sp³-hybridized carbons (Fsp3) is 0.286. The van der Waals surface area contributed by atoms with Gasteiger partial charge in [0.05, 0.1) is 6.61 Å². The highest BCUT2D eigenvalue weighted by molar-refractivity contribution is 5.26. The minimum absolute atomic E-state index is 0.0423. The van der Waals surface area contributed by atoms with Crippen LogP contribution in [-0.4, -0.2) is 12.7 Å². The van der Waals surface area contributed by atoms with E-state index in [0.717, 1.165) is 11.1 Å². The molecule has 0 spiro atoms. The van der Waals surface area contributed by atoms with Crippen LogP contribution < -0.4 is 0 Å². The van der Waals surface area contributed by atoms with Crippen molar-refractivity contribution < 1.29 is 18.9 Å². The zero-order valence-electron chi connectivity index (χ0n) is 9.82. The molecule has 4 heteroatoms. The van der Waals surface area contributed by atoms with E-state index in [0.29, 0.717) is 6.61 Å². The molecular formula is C14H14O4. The molecule has 1 fully saturated rings. The summed E-state index contributed by atoms with van der Waals surface area (Å²) in [6.07, 6.45) is 4.06. The summed E-state index contributed by atoms with van der Waals surface area (Å²) < 4.78 is 21.8. The highest BCUT2D eigenvalue weighted by atomic mass is 16.7. The second kappa shape index (κ2) is 4.84. The van der Waals surface area contributed by atoms with Crippen LogP contribution in [0.5, 0.6) is 0 Å². The van der Waals surface area contributed by atoms with E-state index in [9.17, 15) is 0 Å². The first-order valence-corrected chi connectivity index (χ1v) is 5.82. The molecule has 4 nitrogen and oxygen atoms in total. The standard InChI is InChI=1S/C14H14O4/c1-2-12-9-17-14(18-12)11-5-3-4-10(8-11)13-15-6-7-16-13/h2-8,12-14H,1,9H2. The van der Waals surface area contributed by atoms with E-state index in [1.165, 1.54) is 12.5 Å². The van der Waals surface area contributed by atoms with Gasteiger partial charge in [0.15, 0.2) is 6.29 Å². The Bertz CT molecular complexity index is 461. The highest BCUT2D eigenvalue weighted by Crippen LogP contribution is 2.31. The molecule has 3 rings (SSSR count). The van der Waals surface area contributed by atoms with Crippen molar-refractivity contribution >= 4 is 0 Å². The third-order valence-electron chi connectivity index (χ3n) is 2.89. The van der Waals surface area contributed by atoms with Crippen molar-refractivity contribution in [3.8, 4) is 0 Å². The largest absolute Gasteiger partial charge is 0.455 e. The summed E-state index contributed by atoms with van der Waals surface area (Å²) in [5.74, 6) is 0. The minimum atomic E-state index is -0.374. The van der Waals surface area contributed by atoms with Crippen LogP contribution in [-0.2, 0) is 18.9 Å². The summed E-state index contributed by atoms with van der Waals surface area (Å²) in [6.45, 7) is 4.24. The molecule has 0 aromatic heterocycles. The Kier molecular flexibility index (Phi) is 3.04. The second-order valence-electron chi connectivity index (χ2n) is 4.12. The summed E-state index contributed by atoms with van der Waals surface area (Å²) in [5, 5.41) is 0. The molecule has 0 aliphatic carbocycles. The number of benzene rings is 1. The molecule has 0 bridgehead atoms. The number of hydrogen-bond donors (Lipinski definition) is 0. The molecule has 0 amide bonds. The highest BCUT2D eigenvalue weighted by Gasteiger charge is 2.26. The van der Waals surface area contributed by atoms with Crippen molar-refractivity contribution in [3.05, 3.63) is 60.6 Å². The van der Waals surface area contributed by atoms with Gasteiger partial charge in [-0.3, -0.25) is 0 Å². The van der Waals surface area contributed by atoms with Crippen molar-refractivity contribution in [1.29, 1.82) is 0 Å². The minimum Gasteiger partial charge on any atom is -0.455 e. The van der Waals surface area contributed by atoms with Gasteiger partial charge in [0, 0.05) is 11.1 Å². The molecule has 2 heterocycles. The predicted octanol–water partition coefficient (Wildman–Crippen LogP) is 2.80. The smallest absolute Gasteiger partial charge is 0.266 e. The van der Waals surface area contributed by atoms with Crippen molar-refractivity contribution in [2.45, 2.75) is 18.7 Å². The summed E-state index contributed by atoms with van der Waals surface area (Å²) >= 11 is 0. The predicted molar refractivity (Wildman–Crippen MR) is 64.3 cm³/mol. The summed E-state index contributed by atoms with van der Waals surface area (Å²) in [6, 6.07) is 7.81. The van der Waals surface area contributed by atoms with Crippen LogP contribution in [0.25, 0.3) is 0 Å². The van der Waals surface area contributed by atoms with Crippen molar-refractivity contribution in [1.82, 2.24) is 0 Å². The van der Waals surface area contributed by atoms with E-state index in [1.807, 2.05) is 24.3 Å². The van der Waals surface area contributed by atoms with Crippen LogP contribution >= 0.6 is 0 Å². The normalized spacial score (nSPS) is 26.9. The van der Waals surface area contributed by atoms with Gasteiger partial charge in [0.2, 0.25) is 0 Å². The Balaban J connectivity index is 1.76. The van der Waals surface area contributed by atoms with Crippen LogP contribution in [0.1, 0.15) is 23.7 Å². The SMILES string of the molecule is C=CC1COC(c2cccc(C3OC=CO3)c2)O1. The lowest BCUT2D eigenvalue weighted by Gasteiger charge is -2.14. The quantitative estimate of drug-likeness (QED) is 0.768. The molecule has 2 unspecified atom stereocenters. The molecular weight excluding hydrogens is 232 g/mol. The Morgan fingerprint density at radius 1 is 1.11 bits per heavy atom. The zero-order valence-corrected chi connectivity index (χ0v) is 9.82. The van der Waals surface area contributed by atoms with Gasteiger partial charge in [0.1, 0.15) is 18.6 Å². The van der Waals surface area contributed by atoms with Crippen LogP contribution in [0, 0.1) is 0 Å². The van der Waals surface area contributed by atoms with Gasteiger partial charge in [-0.15, -0.1) is 6.58 Å². The fourth-order valence-electron chi connectivity index (χ4n) is 1.97. The van der Waals surface area contributed by atoms with Crippen LogP contribution in [0.15, 0.2) is 49.4 Å². The third kappa shape index (κ3) is 2.12. The monoisotopic (exact) mass is 246 g/mol. The average Bonchev–Trinajstić information content (AvgIpc) is 3.10. The number of hydrogen-bond acceptors (Lipinski definition) is 4. The van der Waals surface area contributed by atoms with Crippen molar-refractivity contribution in [2.24, 2.45) is 0 Å². The number of rotatable bonds is 3. The topological polar surface area (TPSA) is 36.9 Å². The van der Waals surface area contributed by atoms with Gasteiger partial charge >= 0.3 is 0 Å². The first-order chi connectivity index (χ1) is 8.86. The molecule has 18 heavy (non-hydrogen) atoms. The number of ether oxygens (including phenoxy) is 4. The van der Waals surface area contributed by atoms with Gasteiger partial charge in [0.25, 0.3) is 6.29 Å². The van der Waals surface area contributed by atoms with E-state index in [2.05, 4.69) is 6.58 Å². The average molecular weight is 246 g/mol. The van der Waals surface area contributed by atoms with Gasteiger partial charge in [-0.2, -0.15) is 0 Å². The van der Waals surface area contributed by atoms with Crippen LogP contribution in [0.3, 0.4) is 0 Å². The van der Waals surface area contributed by atoms with Crippen LogP contribution in [0.2, 0.25) is 0 Å². The van der Waals surface area contributed by atoms with E-state index in [-0.39, 0.29) is 18.7 Å². The van der Waals surface area contributed by atoms with Gasteiger partial charge in [-0.1, -0.05) is 24.3 Å². The first-order valence-electron chi connectivity index (χ1n) is 5.82. The zero-order chi connectivity index (χ0) is 12.4. The van der Waals surface area contributed by atoms with E-state index < -0.39 is 0 Å². The lowest BCUT2D eigenvalue weighted by Crippen LogP contribution is -2.05. The molecule has 2 aliphatic rings. The van der Waals surface area contributed by atoms with E-state index in [1.54, 1.807) is 6.08 Å². The first kappa shape index (κ1) is 11.3. The van der Waals surface area contributed by atoms with Gasteiger partial charge in [-0.05, 0) is 6.07 Å². The summed E-state index contributed by atoms with van der Waals surface area (Å²) in [5.41, 5.74) is 1.89. The van der Waals surface area contributed by atoms with Crippen molar-refractivity contribution in [3.63, 3.8) is 0 Å². The van der Waals surface area contributed by atoms with Crippen molar-refractivity contribution in [2.75, 3.05) is 6.61 Å². The molecule has 2 atom stereocenters. The van der Waals surface area contributed by atoms with Crippen LogP contribution in [0.4, 0.5) is 0 Å². The summed E-state index contributed by atoms with van der Waals surface area (Å²) in [4.78, 5) is 0. The molecule has 0 N–H and O–H groups in total. The molecule has 0 radical (unpaired) electrons. The van der Waals surface area contributed by atoms with Gasteiger partial charge < -0.3 is 18.9 Å². The second-order valence-corrected chi connectivity index (χ2v) is 4.12. The fourth-order valence-corrected chi connectivity index (χ4v) is 1.97. The maximum absolute atomic E-state index is 5.68. The lowest BCUT2D eigenvalue weighted by molar-refractivity contribution is -0.0541. The Morgan fingerprint density at radius 3 is 2.50 bits per heavy atom. The molecule has 1 saturated heterocycles. The third-order valence-corrected chi connectivity index (χ3v) is 2.89. The molecule has 94 valence electrons.